The average Bonchev–Trinajstić information content (AvgIpc) is 2.23. The zero-order chi connectivity index (χ0) is 11.1. The molecule has 0 radical (unpaired) electrons. The Kier molecular flexibility index (Phi) is 6.36. The van der Waals surface area contributed by atoms with E-state index in [4.69, 9.17) is 0 Å². The maximum Gasteiger partial charge on any atom is 0.239 e. The van der Waals surface area contributed by atoms with E-state index in [1.807, 2.05) is 20.1 Å². The summed E-state index contributed by atoms with van der Waals surface area (Å²) in [6.07, 6.45) is 1.89. The molecule has 0 rings (SSSR count). The number of thioether (sulfide) groups is 1. The largest absolute Gasteiger partial charge is 0.358 e. The Morgan fingerprint density at radius 2 is 2.07 bits per heavy atom. The third-order valence-electron chi connectivity index (χ3n) is 2.01. The number of amides is 2. The van der Waals surface area contributed by atoms with E-state index < -0.39 is 0 Å². The Morgan fingerprint density at radius 3 is 2.43 bits per heavy atom. The maximum atomic E-state index is 11.7. The van der Waals surface area contributed by atoms with Crippen molar-refractivity contribution in [1.82, 2.24) is 10.2 Å². The Labute approximate surface area is 89.4 Å². The van der Waals surface area contributed by atoms with E-state index in [0.717, 1.165) is 0 Å². The Bertz CT molecular complexity index is 209. The molecule has 1 N–H and O–H groups in total. The highest BCUT2D eigenvalue weighted by molar-refractivity contribution is 7.99. The van der Waals surface area contributed by atoms with Crippen LogP contribution in [0.1, 0.15) is 13.8 Å². The zero-order valence-corrected chi connectivity index (χ0v) is 9.98. The molecule has 14 heavy (non-hydrogen) atoms. The van der Waals surface area contributed by atoms with Crippen molar-refractivity contribution in [2.75, 3.05) is 26.4 Å². The lowest BCUT2D eigenvalue weighted by Gasteiger charge is -2.22. The summed E-state index contributed by atoms with van der Waals surface area (Å²) in [7, 11) is 1.57. The van der Waals surface area contributed by atoms with Gasteiger partial charge in [0.1, 0.15) is 0 Å². The molecule has 0 aromatic rings. The molecule has 0 heterocycles. The molecule has 0 fully saturated rings. The standard InChI is InChI=1S/C9H18N2O2S/c1-5-11(6-8(12)10-3)9(13)7(2)14-4/h7H,5-6H2,1-4H3,(H,10,12). The molecule has 0 aliphatic rings. The van der Waals surface area contributed by atoms with E-state index in [0.29, 0.717) is 6.54 Å². The first kappa shape index (κ1) is 13.3. The second kappa shape index (κ2) is 6.70. The molecule has 1 atom stereocenters. The number of likely N-dealkylation sites (N-methyl/N-ethyl adjacent to an activating group) is 2. The highest BCUT2D eigenvalue weighted by Crippen LogP contribution is 2.08. The fourth-order valence-corrected chi connectivity index (χ4v) is 1.31. The van der Waals surface area contributed by atoms with Crippen molar-refractivity contribution in [3.63, 3.8) is 0 Å². The molecular formula is C9H18N2O2S. The molecule has 0 spiro atoms. The van der Waals surface area contributed by atoms with E-state index in [2.05, 4.69) is 5.32 Å². The van der Waals surface area contributed by atoms with Crippen molar-refractivity contribution >= 4 is 23.6 Å². The number of nitrogens with one attached hydrogen (secondary N) is 1. The number of carbonyl (C=O) groups is 2. The average molecular weight is 218 g/mol. The number of carbonyl (C=O) groups excluding carboxylic acids is 2. The number of hydrogen-bond donors (Lipinski definition) is 1. The predicted octanol–water partition coefficient (Wildman–Crippen LogP) is 0.332. The van der Waals surface area contributed by atoms with Crippen molar-refractivity contribution in [2.24, 2.45) is 0 Å². The lowest BCUT2D eigenvalue weighted by atomic mass is 10.3. The third-order valence-corrected chi connectivity index (χ3v) is 2.92. The van der Waals surface area contributed by atoms with Gasteiger partial charge in [-0.3, -0.25) is 9.59 Å². The van der Waals surface area contributed by atoms with Crippen LogP contribution in [0.2, 0.25) is 0 Å². The van der Waals surface area contributed by atoms with Crippen LogP contribution in [0.4, 0.5) is 0 Å². The minimum absolute atomic E-state index is 0.0172. The predicted molar refractivity (Wildman–Crippen MR) is 59.3 cm³/mol. The SMILES string of the molecule is CCN(CC(=O)NC)C(=O)C(C)SC. The van der Waals surface area contributed by atoms with Gasteiger partial charge in [0.25, 0.3) is 0 Å². The summed E-state index contributed by atoms with van der Waals surface area (Å²) in [5, 5.41) is 2.42. The van der Waals surface area contributed by atoms with Crippen molar-refractivity contribution in [1.29, 1.82) is 0 Å². The van der Waals surface area contributed by atoms with Crippen molar-refractivity contribution in [3.8, 4) is 0 Å². The highest BCUT2D eigenvalue weighted by atomic mass is 32.2. The molecule has 1 unspecified atom stereocenters. The quantitative estimate of drug-likeness (QED) is 0.723. The summed E-state index contributed by atoms with van der Waals surface area (Å²) in [4.78, 5) is 24.3. The lowest BCUT2D eigenvalue weighted by Crippen LogP contribution is -2.42. The van der Waals surface area contributed by atoms with Crippen LogP contribution >= 0.6 is 11.8 Å². The molecule has 82 valence electrons. The van der Waals surface area contributed by atoms with Gasteiger partial charge in [-0.15, -0.1) is 0 Å². The van der Waals surface area contributed by atoms with Crippen LogP contribution in [0.3, 0.4) is 0 Å². The van der Waals surface area contributed by atoms with Gasteiger partial charge in [-0.1, -0.05) is 0 Å². The molecule has 0 aromatic heterocycles. The van der Waals surface area contributed by atoms with Gasteiger partial charge in [0.2, 0.25) is 11.8 Å². The Balaban J connectivity index is 4.26. The summed E-state index contributed by atoms with van der Waals surface area (Å²) in [6.45, 7) is 4.43. The summed E-state index contributed by atoms with van der Waals surface area (Å²) in [5.74, 6) is -0.114. The fraction of sp³-hybridized carbons (Fsp3) is 0.778. The van der Waals surface area contributed by atoms with Gasteiger partial charge in [-0.05, 0) is 20.1 Å². The first-order chi connectivity index (χ1) is 6.56. The van der Waals surface area contributed by atoms with Crippen LogP contribution in [-0.2, 0) is 9.59 Å². The van der Waals surface area contributed by atoms with Crippen LogP contribution in [0.25, 0.3) is 0 Å². The van der Waals surface area contributed by atoms with Gasteiger partial charge in [-0.2, -0.15) is 11.8 Å². The van der Waals surface area contributed by atoms with Gasteiger partial charge in [-0.25, -0.2) is 0 Å². The van der Waals surface area contributed by atoms with Crippen LogP contribution in [0, 0.1) is 0 Å². The molecule has 2 amide bonds. The zero-order valence-electron chi connectivity index (χ0n) is 9.16. The normalized spacial score (nSPS) is 12.0. The van der Waals surface area contributed by atoms with Crippen molar-refractivity contribution in [3.05, 3.63) is 0 Å². The molecule has 5 heteroatoms. The Hall–Kier alpha value is -0.710. The Morgan fingerprint density at radius 1 is 1.50 bits per heavy atom. The smallest absolute Gasteiger partial charge is 0.239 e. The van der Waals surface area contributed by atoms with E-state index in [9.17, 15) is 9.59 Å². The molecular weight excluding hydrogens is 200 g/mol. The maximum absolute atomic E-state index is 11.7. The van der Waals surface area contributed by atoms with Crippen LogP contribution in [0.15, 0.2) is 0 Å². The summed E-state index contributed by atoms with van der Waals surface area (Å²) >= 11 is 1.49. The van der Waals surface area contributed by atoms with Crippen LogP contribution in [0.5, 0.6) is 0 Å². The minimum atomic E-state index is -0.131. The monoisotopic (exact) mass is 218 g/mol. The first-order valence-electron chi connectivity index (χ1n) is 4.58. The van der Waals surface area contributed by atoms with Crippen LogP contribution < -0.4 is 5.32 Å². The summed E-state index contributed by atoms with van der Waals surface area (Å²) in [6, 6.07) is 0. The van der Waals surface area contributed by atoms with E-state index in [-0.39, 0.29) is 23.6 Å². The number of hydrogen-bond acceptors (Lipinski definition) is 3. The molecule has 0 saturated carbocycles. The summed E-state index contributed by atoms with van der Waals surface area (Å²) in [5.41, 5.74) is 0. The molecule has 0 aliphatic carbocycles. The van der Waals surface area contributed by atoms with Crippen molar-refractivity contribution < 1.29 is 9.59 Å². The second-order valence-electron chi connectivity index (χ2n) is 2.90. The highest BCUT2D eigenvalue weighted by Gasteiger charge is 2.19. The fourth-order valence-electron chi connectivity index (χ4n) is 0.956. The lowest BCUT2D eigenvalue weighted by molar-refractivity contribution is -0.135. The molecule has 0 saturated heterocycles. The van der Waals surface area contributed by atoms with E-state index in [1.165, 1.54) is 11.8 Å². The van der Waals surface area contributed by atoms with Gasteiger partial charge >= 0.3 is 0 Å². The first-order valence-corrected chi connectivity index (χ1v) is 5.87. The van der Waals surface area contributed by atoms with E-state index >= 15 is 0 Å². The molecule has 0 bridgehead atoms. The molecule has 4 nitrogen and oxygen atoms in total. The van der Waals surface area contributed by atoms with Gasteiger partial charge in [0.05, 0.1) is 11.8 Å². The van der Waals surface area contributed by atoms with Crippen molar-refractivity contribution in [2.45, 2.75) is 19.1 Å². The van der Waals surface area contributed by atoms with Crippen LogP contribution in [-0.4, -0.2) is 48.4 Å². The van der Waals surface area contributed by atoms with Gasteiger partial charge in [0, 0.05) is 13.6 Å². The molecule has 0 aromatic carbocycles. The second-order valence-corrected chi connectivity index (χ2v) is 4.08. The number of nitrogens with zero attached hydrogens (tertiary/aromatic N) is 1. The number of rotatable bonds is 5. The van der Waals surface area contributed by atoms with E-state index in [1.54, 1.807) is 11.9 Å². The minimum Gasteiger partial charge on any atom is -0.358 e. The van der Waals surface area contributed by atoms with Gasteiger partial charge in [0.15, 0.2) is 0 Å². The topological polar surface area (TPSA) is 49.4 Å². The third kappa shape index (κ3) is 4.00. The molecule has 0 aliphatic heterocycles. The summed E-state index contributed by atoms with van der Waals surface area (Å²) < 4.78 is 0. The van der Waals surface area contributed by atoms with Gasteiger partial charge < -0.3 is 10.2 Å².